The summed E-state index contributed by atoms with van der Waals surface area (Å²) in [5, 5.41) is -0.0309. The van der Waals surface area contributed by atoms with Crippen LogP contribution in [0.2, 0.25) is 18.1 Å². The Morgan fingerprint density at radius 3 is 2.35 bits per heavy atom. The van der Waals surface area contributed by atoms with E-state index in [0.29, 0.717) is 24.2 Å². The molecule has 2 rings (SSSR count). The fourth-order valence-electron chi connectivity index (χ4n) is 6.09. The number of ketones is 1. The van der Waals surface area contributed by atoms with E-state index in [0.717, 1.165) is 25.7 Å². The molecule has 7 heteroatoms. The highest BCUT2D eigenvalue weighted by Gasteiger charge is 2.46. The fraction of sp³-hybridized carbons (Fsp3) is 0.788. The number of Topliss-reactive ketones (excluding diaryl/α,β-unsaturated/α-hetero) is 1. The first-order chi connectivity index (χ1) is 18.6. The van der Waals surface area contributed by atoms with Crippen molar-refractivity contribution in [1.29, 1.82) is 0 Å². The highest BCUT2D eigenvalue weighted by molar-refractivity contribution is 6.74. The van der Waals surface area contributed by atoms with Crippen LogP contribution < -0.4 is 0 Å². The van der Waals surface area contributed by atoms with E-state index in [9.17, 15) is 14.4 Å². The van der Waals surface area contributed by atoms with Gasteiger partial charge in [-0.25, -0.2) is 0 Å². The Balaban J connectivity index is 2.19. The lowest BCUT2D eigenvalue weighted by Crippen LogP contribution is -2.46. The van der Waals surface area contributed by atoms with Gasteiger partial charge in [-0.2, -0.15) is 0 Å². The first-order valence-corrected chi connectivity index (χ1v) is 18.3. The van der Waals surface area contributed by atoms with Crippen LogP contribution >= 0.6 is 0 Å². The van der Waals surface area contributed by atoms with Crippen molar-refractivity contribution in [1.82, 2.24) is 0 Å². The number of carbonyl (C=O) groups is 3. The second kappa shape index (κ2) is 14.9. The average molecular weight is 577 g/mol. The van der Waals surface area contributed by atoms with E-state index in [1.807, 2.05) is 20.8 Å². The molecule has 0 unspecified atom stereocenters. The van der Waals surface area contributed by atoms with Gasteiger partial charge < -0.3 is 13.9 Å². The van der Waals surface area contributed by atoms with Crippen molar-refractivity contribution in [2.24, 2.45) is 35.5 Å². The van der Waals surface area contributed by atoms with E-state index in [1.165, 1.54) is 7.11 Å². The van der Waals surface area contributed by atoms with E-state index in [1.54, 1.807) is 0 Å². The van der Waals surface area contributed by atoms with Gasteiger partial charge in [-0.3, -0.25) is 14.4 Å². The van der Waals surface area contributed by atoms with Crippen molar-refractivity contribution < 1.29 is 28.3 Å². The van der Waals surface area contributed by atoms with Gasteiger partial charge in [0.25, 0.3) is 0 Å². The zero-order chi connectivity index (χ0) is 30.3. The Morgan fingerprint density at radius 1 is 1.10 bits per heavy atom. The minimum atomic E-state index is -2.18. The van der Waals surface area contributed by atoms with Gasteiger partial charge in [-0.1, -0.05) is 65.8 Å². The third-order valence-corrected chi connectivity index (χ3v) is 14.2. The van der Waals surface area contributed by atoms with Crippen LogP contribution in [0.25, 0.3) is 0 Å². The smallest absolute Gasteiger partial charge is 0.308 e. The number of ether oxygens (including phenoxy) is 2. The SMILES string of the molecule is C/C=C\[C@@H]1C[C@H](OC(=O)[C@@H](C)CC)[C@@H]2[C@@H](CCC(=O)C[C@H](CC(=O)OC)O[Si](C)(C)C(C)(C)C)[C@@H](C)C=C[C@H]2C1. The monoisotopic (exact) mass is 576 g/mol. The quantitative estimate of drug-likeness (QED) is 0.127. The van der Waals surface area contributed by atoms with Gasteiger partial charge in [-0.15, -0.1) is 0 Å². The number of allylic oxidation sites excluding steroid dienone is 4. The largest absolute Gasteiger partial charge is 0.469 e. The zero-order valence-electron chi connectivity index (χ0n) is 26.8. The third-order valence-electron chi connectivity index (χ3n) is 9.71. The number of rotatable bonds is 13. The number of methoxy groups -OCH3 is 1. The maximum atomic E-state index is 13.4. The predicted octanol–water partition coefficient (Wildman–Crippen LogP) is 7.68. The lowest BCUT2D eigenvalue weighted by molar-refractivity contribution is -0.163. The van der Waals surface area contributed by atoms with Gasteiger partial charge >= 0.3 is 11.9 Å². The van der Waals surface area contributed by atoms with Crippen LogP contribution in [0.4, 0.5) is 0 Å². The minimum absolute atomic E-state index is 0.0309. The highest BCUT2D eigenvalue weighted by Crippen LogP contribution is 2.48. The topological polar surface area (TPSA) is 78.9 Å². The van der Waals surface area contributed by atoms with Crippen LogP contribution in [-0.2, 0) is 28.3 Å². The van der Waals surface area contributed by atoms with Gasteiger partial charge in [0, 0.05) is 18.8 Å². The predicted molar refractivity (Wildman–Crippen MR) is 163 cm³/mol. The molecule has 0 aromatic rings. The van der Waals surface area contributed by atoms with Gasteiger partial charge in [0.2, 0.25) is 0 Å². The molecular weight excluding hydrogens is 520 g/mol. The Bertz CT molecular complexity index is 916. The summed E-state index contributed by atoms with van der Waals surface area (Å²) in [4.78, 5) is 38.4. The van der Waals surface area contributed by atoms with E-state index in [4.69, 9.17) is 13.9 Å². The van der Waals surface area contributed by atoms with Crippen LogP contribution in [0.1, 0.15) is 93.4 Å². The minimum Gasteiger partial charge on any atom is -0.469 e. The molecule has 0 heterocycles. The first-order valence-electron chi connectivity index (χ1n) is 15.4. The second-order valence-electron chi connectivity index (χ2n) is 13.8. The van der Waals surface area contributed by atoms with Crippen LogP contribution in [0.5, 0.6) is 0 Å². The van der Waals surface area contributed by atoms with E-state index in [2.05, 4.69) is 65.1 Å². The van der Waals surface area contributed by atoms with Crippen LogP contribution in [0, 0.1) is 35.5 Å². The van der Waals surface area contributed by atoms with Crippen LogP contribution in [0.3, 0.4) is 0 Å². The normalized spacial score (nSPS) is 28.6. The molecule has 0 aliphatic heterocycles. The van der Waals surface area contributed by atoms with Crippen LogP contribution in [0.15, 0.2) is 24.3 Å². The van der Waals surface area contributed by atoms with Crippen molar-refractivity contribution in [3.8, 4) is 0 Å². The average Bonchev–Trinajstić information content (AvgIpc) is 2.86. The second-order valence-corrected chi connectivity index (χ2v) is 18.5. The Labute approximate surface area is 244 Å². The molecule has 0 amide bonds. The molecule has 0 N–H and O–H groups in total. The maximum absolute atomic E-state index is 13.4. The molecule has 0 bridgehead atoms. The summed E-state index contributed by atoms with van der Waals surface area (Å²) in [6.07, 6.45) is 12.4. The van der Waals surface area contributed by atoms with E-state index < -0.39 is 14.4 Å². The molecule has 0 radical (unpaired) electrons. The molecular formula is C33H56O6Si. The number of esters is 2. The Hall–Kier alpha value is -1.73. The Kier molecular flexibility index (Phi) is 12.9. The summed E-state index contributed by atoms with van der Waals surface area (Å²) in [5.41, 5.74) is 0. The molecule has 1 fully saturated rings. The lowest BCUT2D eigenvalue weighted by atomic mass is 9.60. The third kappa shape index (κ3) is 9.40. The van der Waals surface area contributed by atoms with Gasteiger partial charge in [-0.05, 0) is 74.4 Å². The summed E-state index contributed by atoms with van der Waals surface area (Å²) in [7, 11) is -0.805. The number of fused-ring (bicyclic) bond motifs is 1. The van der Waals surface area contributed by atoms with Crippen molar-refractivity contribution in [2.75, 3.05) is 7.11 Å². The van der Waals surface area contributed by atoms with Gasteiger partial charge in [0.05, 0.1) is 25.6 Å². The molecule has 2 aliphatic carbocycles. The molecule has 228 valence electrons. The first kappa shape index (κ1) is 34.5. The van der Waals surface area contributed by atoms with E-state index >= 15 is 0 Å². The standard InChI is InChI=1S/C33H56O6Si/c1-11-13-24-18-25-15-14-23(4)28(31(25)29(19-24)38-32(36)22(3)12-2)17-16-26(34)20-27(21-30(35)37-8)39-40(9,10)33(5,6)7/h11,13-15,22-25,27-29,31H,12,16-21H2,1-10H3/b13-11-/t22-,23-,24-,25-,27+,28-,29-,31-/m0/s1. The van der Waals surface area contributed by atoms with E-state index in [-0.39, 0.29) is 59.5 Å². The molecule has 40 heavy (non-hydrogen) atoms. The summed E-state index contributed by atoms with van der Waals surface area (Å²) in [5.74, 6) is 0.991. The van der Waals surface area contributed by atoms with Crippen molar-refractivity contribution in [2.45, 2.75) is 124 Å². The lowest BCUT2D eigenvalue weighted by Gasteiger charge is -2.47. The molecule has 0 saturated heterocycles. The summed E-state index contributed by atoms with van der Waals surface area (Å²) in [6.45, 7) is 18.9. The molecule has 0 aromatic carbocycles. The molecule has 2 aliphatic rings. The summed E-state index contributed by atoms with van der Waals surface area (Å²) >= 11 is 0. The van der Waals surface area contributed by atoms with Crippen LogP contribution in [-0.4, -0.2) is 45.4 Å². The highest BCUT2D eigenvalue weighted by atomic mass is 28.4. The summed E-state index contributed by atoms with van der Waals surface area (Å²) in [6, 6.07) is 0. The molecule has 8 atom stereocenters. The number of hydrogen-bond acceptors (Lipinski definition) is 6. The zero-order valence-corrected chi connectivity index (χ0v) is 27.8. The van der Waals surface area contributed by atoms with Crippen molar-refractivity contribution in [3.63, 3.8) is 0 Å². The van der Waals surface area contributed by atoms with Crippen molar-refractivity contribution in [3.05, 3.63) is 24.3 Å². The van der Waals surface area contributed by atoms with Gasteiger partial charge in [0.15, 0.2) is 8.32 Å². The maximum Gasteiger partial charge on any atom is 0.308 e. The molecule has 0 spiro atoms. The molecule has 6 nitrogen and oxygen atoms in total. The van der Waals surface area contributed by atoms with Gasteiger partial charge in [0.1, 0.15) is 11.9 Å². The molecule has 1 saturated carbocycles. The summed E-state index contributed by atoms with van der Waals surface area (Å²) < 4.78 is 17.7. The molecule has 0 aromatic heterocycles. The number of hydrogen-bond donors (Lipinski definition) is 0. The number of carbonyl (C=O) groups excluding carboxylic acids is 3. The Morgan fingerprint density at radius 2 is 1.77 bits per heavy atom. The fourth-order valence-corrected chi connectivity index (χ4v) is 7.44. The van der Waals surface area contributed by atoms with Crippen molar-refractivity contribution >= 4 is 26.0 Å².